The predicted octanol–water partition coefficient (Wildman–Crippen LogP) is 0.843. The van der Waals surface area contributed by atoms with Crippen LogP contribution in [0.4, 0.5) is 0 Å². The van der Waals surface area contributed by atoms with Crippen LogP contribution in [0.15, 0.2) is 28.8 Å². The van der Waals surface area contributed by atoms with Gasteiger partial charge in [0.25, 0.3) is 5.91 Å². The van der Waals surface area contributed by atoms with Crippen molar-refractivity contribution in [1.29, 1.82) is 0 Å². The number of hydrogen-bond acceptors (Lipinski definition) is 6. The van der Waals surface area contributed by atoms with Crippen molar-refractivity contribution in [2.24, 2.45) is 0 Å². The molecule has 8 nitrogen and oxygen atoms in total. The van der Waals surface area contributed by atoms with Gasteiger partial charge in [-0.1, -0.05) is 23.2 Å². The van der Waals surface area contributed by atoms with Crippen molar-refractivity contribution in [1.82, 2.24) is 20.8 Å². The Balaban J connectivity index is 1.66. The maximum absolute atomic E-state index is 12.4. The Morgan fingerprint density at radius 2 is 2.07 bits per heavy atom. The number of nitrogens with one attached hydrogen (secondary N) is 2. The van der Waals surface area contributed by atoms with E-state index in [-0.39, 0.29) is 6.54 Å². The second-order valence-corrected chi connectivity index (χ2v) is 6.42. The highest BCUT2D eigenvalue weighted by Gasteiger charge is 2.30. The summed E-state index contributed by atoms with van der Waals surface area (Å²) in [6.45, 7) is 1.43. The Kier molecular flexibility index (Phi) is 5.52. The summed E-state index contributed by atoms with van der Waals surface area (Å²) in [7, 11) is 0. The average Bonchev–Trinajstić information content (AvgIpc) is 3.40. The first kappa shape index (κ1) is 18.6. The van der Waals surface area contributed by atoms with E-state index in [4.69, 9.17) is 10.9 Å². The highest BCUT2D eigenvalue weighted by molar-refractivity contribution is 5.98. The minimum absolute atomic E-state index is 0.0141. The van der Waals surface area contributed by atoms with E-state index in [0.29, 0.717) is 23.2 Å². The molecule has 1 aromatic carbocycles. The summed E-state index contributed by atoms with van der Waals surface area (Å²) in [6.07, 6.45) is 6.16. The molecule has 0 unspecified atom stereocenters. The van der Waals surface area contributed by atoms with Crippen LogP contribution in [0.3, 0.4) is 0 Å². The van der Waals surface area contributed by atoms with Gasteiger partial charge in [0.15, 0.2) is 0 Å². The molecule has 0 saturated heterocycles. The summed E-state index contributed by atoms with van der Waals surface area (Å²) in [5, 5.41) is 18.7. The normalized spacial score (nSPS) is 15.4. The van der Waals surface area contributed by atoms with Gasteiger partial charge in [-0.25, -0.2) is 0 Å². The third kappa shape index (κ3) is 4.51. The molecule has 2 aromatic rings. The molecule has 1 heterocycles. The molecule has 0 bridgehead atoms. The maximum Gasteiger partial charge on any atom is 0.252 e. The first-order valence-corrected chi connectivity index (χ1v) is 8.63. The molecule has 3 rings (SSSR count). The zero-order valence-corrected chi connectivity index (χ0v) is 14.8. The van der Waals surface area contributed by atoms with E-state index in [1.165, 1.54) is 6.92 Å². The Morgan fingerprint density at radius 3 is 2.67 bits per heavy atom. The fourth-order valence-electron chi connectivity index (χ4n) is 2.50. The van der Waals surface area contributed by atoms with Crippen LogP contribution < -0.4 is 10.6 Å². The van der Waals surface area contributed by atoms with E-state index in [1.807, 2.05) is 0 Å². The summed E-state index contributed by atoms with van der Waals surface area (Å²) < 4.78 is 5.23. The van der Waals surface area contributed by atoms with E-state index in [1.54, 1.807) is 24.3 Å². The Hall–Kier alpha value is -3.18. The van der Waals surface area contributed by atoms with Crippen LogP contribution >= 0.6 is 0 Å². The second kappa shape index (κ2) is 8.01. The lowest BCUT2D eigenvalue weighted by molar-refractivity contribution is -0.125. The molecule has 1 fully saturated rings. The second-order valence-electron chi connectivity index (χ2n) is 6.42. The van der Waals surface area contributed by atoms with Gasteiger partial charge in [-0.15, -0.1) is 6.42 Å². The largest absolute Gasteiger partial charge is 0.391 e. The highest BCUT2D eigenvalue weighted by Crippen LogP contribution is 2.39. The third-order valence-corrected chi connectivity index (χ3v) is 4.19. The van der Waals surface area contributed by atoms with Gasteiger partial charge in [0, 0.05) is 17.0 Å². The van der Waals surface area contributed by atoms with Crippen molar-refractivity contribution in [3.05, 3.63) is 35.7 Å². The summed E-state index contributed by atoms with van der Waals surface area (Å²) in [4.78, 5) is 28.8. The smallest absolute Gasteiger partial charge is 0.252 e. The Bertz CT molecular complexity index is 863. The van der Waals surface area contributed by atoms with Crippen molar-refractivity contribution in [3.63, 3.8) is 0 Å². The quantitative estimate of drug-likeness (QED) is 0.624. The molecule has 1 aliphatic rings. The van der Waals surface area contributed by atoms with Crippen molar-refractivity contribution in [3.8, 4) is 23.7 Å². The number of amides is 2. The van der Waals surface area contributed by atoms with Crippen LogP contribution in [0.2, 0.25) is 0 Å². The lowest BCUT2D eigenvalue weighted by Gasteiger charge is -2.20. The number of carbonyl (C=O) groups is 2. The van der Waals surface area contributed by atoms with E-state index < -0.39 is 24.0 Å². The molecule has 1 aromatic heterocycles. The lowest BCUT2D eigenvalue weighted by atomic mass is 10.1. The molecule has 3 N–H and O–H groups in total. The SMILES string of the molecule is C#CCNC(=O)[C@@H](NC(=O)c1ccc(-c2noc(C3CC3)n2)cc1)[C@@H](C)O. The first-order valence-electron chi connectivity index (χ1n) is 8.63. The van der Waals surface area contributed by atoms with Crippen LogP contribution in [-0.4, -0.2) is 45.8 Å². The van der Waals surface area contributed by atoms with Crippen LogP contribution in [0.25, 0.3) is 11.4 Å². The Labute approximate surface area is 156 Å². The average molecular weight is 368 g/mol. The van der Waals surface area contributed by atoms with Gasteiger partial charge in [-0.2, -0.15) is 4.98 Å². The van der Waals surface area contributed by atoms with Gasteiger partial charge in [0.1, 0.15) is 6.04 Å². The van der Waals surface area contributed by atoms with Crippen molar-refractivity contribution >= 4 is 11.8 Å². The molecule has 0 radical (unpaired) electrons. The molecular formula is C19H20N4O4. The van der Waals surface area contributed by atoms with Gasteiger partial charge >= 0.3 is 0 Å². The molecule has 0 spiro atoms. The van der Waals surface area contributed by atoms with Crippen molar-refractivity contribution in [2.45, 2.75) is 37.8 Å². The minimum atomic E-state index is -1.11. The van der Waals surface area contributed by atoms with E-state index in [9.17, 15) is 14.7 Å². The minimum Gasteiger partial charge on any atom is -0.391 e. The molecule has 0 aliphatic heterocycles. The number of rotatable bonds is 7. The Morgan fingerprint density at radius 1 is 1.37 bits per heavy atom. The molecule has 8 heteroatoms. The van der Waals surface area contributed by atoms with Gasteiger partial charge in [0.2, 0.25) is 17.6 Å². The first-order chi connectivity index (χ1) is 13.0. The zero-order valence-electron chi connectivity index (χ0n) is 14.8. The molecule has 2 amide bonds. The molecular weight excluding hydrogens is 348 g/mol. The van der Waals surface area contributed by atoms with Crippen LogP contribution in [0, 0.1) is 12.3 Å². The summed E-state index contributed by atoms with van der Waals surface area (Å²) in [5.41, 5.74) is 1.06. The fourth-order valence-corrected chi connectivity index (χ4v) is 2.50. The lowest BCUT2D eigenvalue weighted by Crippen LogP contribution is -2.52. The van der Waals surface area contributed by atoms with Crippen LogP contribution in [0.1, 0.15) is 41.9 Å². The standard InChI is InChI=1S/C19H20N4O4/c1-3-10-20-18(26)15(11(2)24)21-17(25)13-6-4-12(5-7-13)16-22-19(27-23-16)14-8-9-14/h1,4-7,11,14-15,24H,8-10H2,2H3,(H,20,26)(H,21,25)/t11-,15+/m1/s1. The number of aliphatic hydroxyl groups excluding tert-OH is 1. The van der Waals surface area contributed by atoms with Crippen LogP contribution in [-0.2, 0) is 4.79 Å². The molecule has 27 heavy (non-hydrogen) atoms. The van der Waals surface area contributed by atoms with Crippen molar-refractivity contribution in [2.75, 3.05) is 6.54 Å². The number of aliphatic hydroxyl groups is 1. The van der Waals surface area contributed by atoms with Gasteiger partial charge in [-0.3, -0.25) is 9.59 Å². The van der Waals surface area contributed by atoms with Crippen molar-refractivity contribution < 1.29 is 19.2 Å². The maximum atomic E-state index is 12.4. The third-order valence-electron chi connectivity index (χ3n) is 4.19. The number of hydrogen-bond donors (Lipinski definition) is 3. The number of benzene rings is 1. The van der Waals surface area contributed by atoms with E-state index >= 15 is 0 Å². The van der Waals surface area contributed by atoms with Gasteiger partial charge in [-0.05, 0) is 31.9 Å². The number of aromatic nitrogens is 2. The van der Waals surface area contributed by atoms with Gasteiger partial charge < -0.3 is 20.3 Å². The predicted molar refractivity (Wildman–Crippen MR) is 96.5 cm³/mol. The highest BCUT2D eigenvalue weighted by atomic mass is 16.5. The topological polar surface area (TPSA) is 117 Å². The fraction of sp³-hybridized carbons (Fsp3) is 0.368. The number of terminal acetylenes is 1. The van der Waals surface area contributed by atoms with E-state index in [2.05, 4.69) is 26.7 Å². The zero-order chi connectivity index (χ0) is 19.4. The molecule has 1 aliphatic carbocycles. The summed E-state index contributed by atoms with van der Waals surface area (Å²) in [6, 6.07) is 5.48. The molecule has 140 valence electrons. The molecule has 2 atom stereocenters. The monoisotopic (exact) mass is 368 g/mol. The summed E-state index contributed by atoms with van der Waals surface area (Å²) >= 11 is 0. The van der Waals surface area contributed by atoms with E-state index in [0.717, 1.165) is 18.4 Å². The number of nitrogens with zero attached hydrogens (tertiary/aromatic N) is 2. The summed E-state index contributed by atoms with van der Waals surface area (Å²) in [5.74, 6) is 2.71. The van der Waals surface area contributed by atoms with Gasteiger partial charge in [0.05, 0.1) is 12.6 Å². The molecule has 1 saturated carbocycles. The number of carbonyl (C=O) groups excluding carboxylic acids is 2. The van der Waals surface area contributed by atoms with Crippen LogP contribution in [0.5, 0.6) is 0 Å².